The first-order valence-electron chi connectivity index (χ1n) is 13.0. The van der Waals surface area contributed by atoms with Crippen LogP contribution >= 0.6 is 0 Å². The van der Waals surface area contributed by atoms with Gasteiger partial charge in [0.25, 0.3) is 0 Å². The first-order chi connectivity index (χ1) is 18.6. The Morgan fingerprint density at radius 1 is 1.08 bits per heavy atom. The number of amides is 1. The van der Waals surface area contributed by atoms with Crippen molar-refractivity contribution >= 4 is 23.0 Å². The maximum atomic E-state index is 11.6. The molecule has 206 valence electrons. The maximum Gasteiger partial charge on any atom is 0.246 e. The number of rotatable bonds is 12. The summed E-state index contributed by atoms with van der Waals surface area (Å²) < 4.78 is 5.71. The van der Waals surface area contributed by atoms with E-state index in [0.29, 0.717) is 42.1 Å². The zero-order valence-corrected chi connectivity index (χ0v) is 22.3. The minimum Gasteiger partial charge on any atom is -0.506 e. The van der Waals surface area contributed by atoms with Crippen molar-refractivity contribution in [3.05, 3.63) is 89.1 Å². The van der Waals surface area contributed by atoms with Crippen LogP contribution in [0.25, 0.3) is 0 Å². The second kappa shape index (κ2) is 12.2. The SMILES string of the molecule is CC(C)(N)COc1ccc(Nc2ccc(CCNCC(O)c3ccc(O)c4c3CC(C(N)=O)=CN4)cc2)cc1. The highest BCUT2D eigenvalue weighted by Crippen LogP contribution is 2.37. The predicted molar refractivity (Wildman–Crippen MR) is 154 cm³/mol. The second-order valence-electron chi connectivity index (χ2n) is 10.5. The number of phenols is 1. The summed E-state index contributed by atoms with van der Waals surface area (Å²) in [5, 5.41) is 30.6. The van der Waals surface area contributed by atoms with E-state index in [9.17, 15) is 15.0 Å². The number of aliphatic hydroxyl groups is 1. The lowest BCUT2D eigenvalue weighted by Gasteiger charge is -2.23. The number of aromatic hydroxyl groups is 1. The zero-order chi connectivity index (χ0) is 28.0. The monoisotopic (exact) mass is 531 g/mol. The van der Waals surface area contributed by atoms with Crippen LogP contribution in [0.1, 0.15) is 36.6 Å². The molecule has 4 rings (SSSR count). The number of aliphatic hydroxyl groups excluding tert-OH is 1. The molecule has 3 aromatic rings. The third-order valence-corrected chi connectivity index (χ3v) is 6.40. The molecule has 9 N–H and O–H groups in total. The molecule has 1 unspecified atom stereocenters. The van der Waals surface area contributed by atoms with Crippen LogP contribution in [0.15, 0.2) is 72.4 Å². The Hall–Kier alpha value is -4.05. The van der Waals surface area contributed by atoms with Crippen molar-refractivity contribution in [1.29, 1.82) is 0 Å². The highest BCUT2D eigenvalue weighted by atomic mass is 16.5. The van der Waals surface area contributed by atoms with Crippen LogP contribution in [0, 0.1) is 0 Å². The third kappa shape index (κ3) is 7.73. The quantitative estimate of drug-likeness (QED) is 0.138. The molecule has 1 amide bonds. The molecule has 1 aliphatic rings. The first kappa shape index (κ1) is 28.0. The van der Waals surface area contributed by atoms with Crippen LogP contribution in [0.2, 0.25) is 0 Å². The molecule has 0 bridgehead atoms. The van der Waals surface area contributed by atoms with Gasteiger partial charge in [-0.25, -0.2) is 0 Å². The lowest BCUT2D eigenvalue weighted by atomic mass is 9.92. The van der Waals surface area contributed by atoms with Crippen molar-refractivity contribution in [2.75, 3.05) is 30.3 Å². The Balaban J connectivity index is 1.24. The summed E-state index contributed by atoms with van der Waals surface area (Å²) in [6.45, 7) is 5.30. The number of fused-ring (bicyclic) bond motifs is 1. The normalized spacial score (nSPS) is 13.6. The van der Waals surface area contributed by atoms with Gasteiger partial charge in [0.05, 0.1) is 11.8 Å². The van der Waals surface area contributed by atoms with Gasteiger partial charge in [0.2, 0.25) is 5.91 Å². The number of ether oxygens (including phenoxy) is 1. The average Bonchev–Trinajstić information content (AvgIpc) is 2.91. The molecule has 0 aromatic heterocycles. The van der Waals surface area contributed by atoms with E-state index in [0.717, 1.165) is 29.1 Å². The number of hydrogen-bond acceptors (Lipinski definition) is 8. The van der Waals surface area contributed by atoms with Crippen LogP contribution in [-0.4, -0.2) is 41.4 Å². The van der Waals surface area contributed by atoms with Gasteiger partial charge in [0.1, 0.15) is 18.1 Å². The molecule has 3 aromatic carbocycles. The topological polar surface area (TPSA) is 155 Å². The van der Waals surface area contributed by atoms with Crippen molar-refractivity contribution in [1.82, 2.24) is 5.32 Å². The number of carbonyl (C=O) groups excluding carboxylic acids is 1. The molecule has 1 heterocycles. The van der Waals surface area contributed by atoms with Crippen LogP contribution < -0.4 is 32.2 Å². The highest BCUT2D eigenvalue weighted by Gasteiger charge is 2.23. The molecular weight excluding hydrogens is 494 g/mol. The van der Waals surface area contributed by atoms with E-state index >= 15 is 0 Å². The number of nitrogens with two attached hydrogens (primary N) is 2. The zero-order valence-electron chi connectivity index (χ0n) is 22.3. The molecule has 0 saturated heterocycles. The third-order valence-electron chi connectivity index (χ3n) is 6.40. The molecule has 9 nitrogen and oxygen atoms in total. The average molecular weight is 532 g/mol. The van der Waals surface area contributed by atoms with Gasteiger partial charge < -0.3 is 42.4 Å². The predicted octanol–water partition coefficient (Wildman–Crippen LogP) is 3.45. The van der Waals surface area contributed by atoms with Crippen molar-refractivity contribution in [2.24, 2.45) is 11.5 Å². The molecule has 39 heavy (non-hydrogen) atoms. The van der Waals surface area contributed by atoms with E-state index < -0.39 is 12.0 Å². The van der Waals surface area contributed by atoms with Gasteiger partial charge in [-0.3, -0.25) is 4.79 Å². The Morgan fingerprint density at radius 2 is 1.74 bits per heavy atom. The van der Waals surface area contributed by atoms with E-state index in [4.69, 9.17) is 16.2 Å². The minimum atomic E-state index is -0.807. The van der Waals surface area contributed by atoms with Crippen molar-refractivity contribution in [3.63, 3.8) is 0 Å². The number of nitrogens with one attached hydrogen (secondary N) is 3. The number of carbonyl (C=O) groups is 1. The standard InChI is InChI=1S/C30H37N5O4/c1-30(2,32)18-39-23-9-7-22(8-10-23)35-21-5-3-19(4-6-21)13-14-33-17-27(37)24-11-12-26(36)28-25(24)15-20(16-34-28)29(31)38/h3-12,16,27,33-37H,13-15,17-18,32H2,1-2H3,(H2,31,38). The van der Waals surface area contributed by atoms with Gasteiger partial charge in [0, 0.05) is 41.7 Å². The molecule has 0 spiro atoms. The molecule has 9 heteroatoms. The van der Waals surface area contributed by atoms with Crippen molar-refractivity contribution < 1.29 is 19.7 Å². The molecule has 1 aliphatic heterocycles. The van der Waals surface area contributed by atoms with E-state index in [2.05, 4.69) is 28.1 Å². The molecule has 0 aliphatic carbocycles. The van der Waals surface area contributed by atoms with Crippen LogP contribution in [-0.2, 0) is 17.6 Å². The molecule has 0 saturated carbocycles. The van der Waals surface area contributed by atoms with Crippen molar-refractivity contribution in [2.45, 2.75) is 38.3 Å². The fourth-order valence-electron chi connectivity index (χ4n) is 4.28. The Labute approximate surface area is 228 Å². The van der Waals surface area contributed by atoms with E-state index in [1.54, 1.807) is 6.07 Å². The van der Waals surface area contributed by atoms with E-state index in [1.165, 1.54) is 12.3 Å². The van der Waals surface area contributed by atoms with Gasteiger partial charge in [-0.05, 0) is 86.0 Å². The Kier molecular flexibility index (Phi) is 8.75. The number of benzene rings is 3. The number of phenolic OH excluding ortho intramolecular Hbond substituents is 1. The number of hydrogen-bond donors (Lipinski definition) is 7. The van der Waals surface area contributed by atoms with Crippen LogP contribution in [0.3, 0.4) is 0 Å². The van der Waals surface area contributed by atoms with Gasteiger partial charge in [-0.1, -0.05) is 18.2 Å². The summed E-state index contributed by atoms with van der Waals surface area (Å²) in [7, 11) is 0. The summed E-state index contributed by atoms with van der Waals surface area (Å²) in [5.74, 6) is 0.303. The summed E-state index contributed by atoms with van der Waals surface area (Å²) in [6, 6.07) is 19.2. The van der Waals surface area contributed by atoms with Gasteiger partial charge in [-0.15, -0.1) is 0 Å². The van der Waals surface area contributed by atoms with Crippen LogP contribution in [0.4, 0.5) is 17.1 Å². The fourth-order valence-corrected chi connectivity index (χ4v) is 4.28. The smallest absolute Gasteiger partial charge is 0.246 e. The maximum absolute atomic E-state index is 11.6. The first-order valence-corrected chi connectivity index (χ1v) is 13.0. The van der Waals surface area contributed by atoms with Gasteiger partial charge in [-0.2, -0.15) is 0 Å². The van der Waals surface area contributed by atoms with Crippen molar-refractivity contribution in [3.8, 4) is 11.5 Å². The minimum absolute atomic E-state index is 0.0595. The largest absolute Gasteiger partial charge is 0.506 e. The lowest BCUT2D eigenvalue weighted by Crippen LogP contribution is -2.38. The molecular formula is C30H37N5O4. The number of anilines is 3. The van der Waals surface area contributed by atoms with Gasteiger partial charge >= 0.3 is 0 Å². The highest BCUT2D eigenvalue weighted by molar-refractivity contribution is 5.94. The fraction of sp³-hybridized carbons (Fsp3) is 0.300. The number of primary amides is 1. The van der Waals surface area contributed by atoms with Gasteiger partial charge in [0.15, 0.2) is 0 Å². The van der Waals surface area contributed by atoms with Crippen LogP contribution in [0.5, 0.6) is 11.5 Å². The molecule has 1 atom stereocenters. The second-order valence-corrected chi connectivity index (χ2v) is 10.5. The summed E-state index contributed by atoms with van der Waals surface area (Å²) in [5.41, 5.74) is 16.3. The van der Waals surface area contributed by atoms with E-state index in [-0.39, 0.29) is 17.7 Å². The molecule has 0 radical (unpaired) electrons. The lowest BCUT2D eigenvalue weighted by molar-refractivity contribution is -0.114. The summed E-state index contributed by atoms with van der Waals surface area (Å²) in [4.78, 5) is 11.6. The van der Waals surface area contributed by atoms with E-state index in [1.807, 2.05) is 50.2 Å². The summed E-state index contributed by atoms with van der Waals surface area (Å²) in [6.07, 6.45) is 1.73. The summed E-state index contributed by atoms with van der Waals surface area (Å²) >= 11 is 0. The Bertz CT molecular complexity index is 1310. The molecule has 0 fully saturated rings. The Morgan fingerprint density at radius 3 is 2.38 bits per heavy atom.